The van der Waals surface area contributed by atoms with E-state index in [4.69, 9.17) is 4.74 Å². The monoisotopic (exact) mass is 217 g/mol. The second kappa shape index (κ2) is 5.09. The van der Waals surface area contributed by atoms with Gasteiger partial charge in [-0.15, -0.1) is 0 Å². The van der Waals surface area contributed by atoms with E-state index in [0.29, 0.717) is 0 Å². The third-order valence-corrected chi connectivity index (χ3v) is 2.06. The number of hydrogen-bond acceptors (Lipinski definition) is 4. The van der Waals surface area contributed by atoms with E-state index in [2.05, 4.69) is 0 Å². The zero-order valence-corrected chi connectivity index (χ0v) is 9.94. The topological polar surface area (TPSA) is 69.4 Å². The van der Waals surface area contributed by atoms with Gasteiger partial charge in [0.25, 0.3) is 0 Å². The molecule has 2 atom stereocenters. The second-order valence-corrected chi connectivity index (χ2v) is 4.79. The van der Waals surface area contributed by atoms with E-state index in [1.807, 2.05) is 0 Å². The Morgan fingerprint density at radius 1 is 1.40 bits per heavy atom. The van der Waals surface area contributed by atoms with Crippen molar-refractivity contribution < 1.29 is 14.5 Å². The average molecular weight is 217 g/mol. The highest BCUT2D eigenvalue weighted by atomic mass is 16.6. The summed E-state index contributed by atoms with van der Waals surface area (Å²) in [6.07, 6.45) is 0.0828. The molecule has 0 bridgehead atoms. The van der Waals surface area contributed by atoms with Gasteiger partial charge in [0, 0.05) is 17.8 Å². The van der Waals surface area contributed by atoms with Crippen molar-refractivity contribution in [1.82, 2.24) is 0 Å². The highest BCUT2D eigenvalue weighted by Gasteiger charge is 2.26. The van der Waals surface area contributed by atoms with Crippen LogP contribution in [-0.2, 0) is 9.53 Å². The lowest BCUT2D eigenvalue weighted by molar-refractivity contribution is -0.526. The lowest BCUT2D eigenvalue weighted by Crippen LogP contribution is -2.29. The van der Waals surface area contributed by atoms with E-state index in [1.165, 1.54) is 6.92 Å². The minimum atomic E-state index is -0.725. The van der Waals surface area contributed by atoms with E-state index in [1.54, 1.807) is 27.7 Å². The van der Waals surface area contributed by atoms with Crippen LogP contribution in [0.2, 0.25) is 0 Å². The number of nitrogens with zero attached hydrogens (tertiary/aromatic N) is 1. The first kappa shape index (κ1) is 13.9. The maximum absolute atomic E-state index is 11.4. The van der Waals surface area contributed by atoms with Crippen molar-refractivity contribution in [3.63, 3.8) is 0 Å². The van der Waals surface area contributed by atoms with Crippen LogP contribution in [0.3, 0.4) is 0 Å². The number of ether oxygens (including phenoxy) is 1. The fourth-order valence-electron chi connectivity index (χ4n) is 1.02. The van der Waals surface area contributed by atoms with Crippen LogP contribution in [0.1, 0.15) is 41.0 Å². The number of esters is 1. The minimum Gasteiger partial charge on any atom is -0.460 e. The third-order valence-electron chi connectivity index (χ3n) is 2.06. The van der Waals surface area contributed by atoms with Gasteiger partial charge in [-0.05, 0) is 20.8 Å². The number of carbonyl (C=O) groups is 1. The predicted octanol–water partition coefficient (Wildman–Crippen LogP) is 2.02. The van der Waals surface area contributed by atoms with Crippen LogP contribution in [0.15, 0.2) is 0 Å². The summed E-state index contributed by atoms with van der Waals surface area (Å²) < 4.78 is 5.08. The van der Waals surface area contributed by atoms with Crippen LogP contribution in [0.5, 0.6) is 0 Å². The summed E-state index contributed by atoms with van der Waals surface area (Å²) >= 11 is 0. The van der Waals surface area contributed by atoms with Gasteiger partial charge in [-0.3, -0.25) is 14.9 Å². The first-order valence-electron chi connectivity index (χ1n) is 4.99. The van der Waals surface area contributed by atoms with Crippen LogP contribution >= 0.6 is 0 Å². The molecule has 0 spiro atoms. The molecule has 0 saturated heterocycles. The molecule has 0 rings (SSSR count). The van der Waals surface area contributed by atoms with Crippen molar-refractivity contribution in [1.29, 1.82) is 0 Å². The highest BCUT2D eigenvalue weighted by molar-refractivity contribution is 5.70. The molecule has 0 amide bonds. The van der Waals surface area contributed by atoms with Gasteiger partial charge < -0.3 is 4.74 Å². The number of hydrogen-bond donors (Lipinski definition) is 0. The molecule has 15 heavy (non-hydrogen) atoms. The molecule has 0 aromatic heterocycles. The summed E-state index contributed by atoms with van der Waals surface area (Å²) in [5.74, 6) is -0.696. The lowest BCUT2D eigenvalue weighted by Gasteiger charge is -2.21. The summed E-state index contributed by atoms with van der Waals surface area (Å²) in [6.45, 7) is 8.48. The van der Waals surface area contributed by atoms with E-state index < -0.39 is 11.6 Å². The fraction of sp³-hybridized carbons (Fsp3) is 0.900. The molecule has 0 aliphatic rings. The molecular weight excluding hydrogens is 198 g/mol. The predicted molar refractivity (Wildman–Crippen MR) is 56.1 cm³/mol. The van der Waals surface area contributed by atoms with Gasteiger partial charge in [0.1, 0.15) is 5.60 Å². The zero-order valence-electron chi connectivity index (χ0n) is 9.94. The fourth-order valence-corrected chi connectivity index (χ4v) is 1.02. The molecular formula is C10H19NO4. The van der Waals surface area contributed by atoms with Gasteiger partial charge >= 0.3 is 5.97 Å². The molecule has 5 heteroatoms. The second-order valence-electron chi connectivity index (χ2n) is 4.79. The summed E-state index contributed by atoms with van der Waals surface area (Å²) in [7, 11) is 0. The minimum absolute atomic E-state index is 0.0828. The van der Waals surface area contributed by atoms with Crippen LogP contribution in [0.25, 0.3) is 0 Å². The van der Waals surface area contributed by atoms with Crippen LogP contribution < -0.4 is 0 Å². The zero-order chi connectivity index (χ0) is 12.2. The Balaban J connectivity index is 4.13. The lowest BCUT2D eigenvalue weighted by atomic mass is 10.0. The normalized spacial score (nSPS) is 15.5. The third kappa shape index (κ3) is 6.04. The van der Waals surface area contributed by atoms with Crippen molar-refractivity contribution in [3.8, 4) is 0 Å². The average Bonchev–Trinajstić information content (AvgIpc) is 1.98. The SMILES string of the molecule is CC(CC(=O)OC(C)(C)C)C(C)[N+](=O)[O-]. The Kier molecular flexibility index (Phi) is 4.71. The van der Waals surface area contributed by atoms with E-state index in [0.717, 1.165) is 0 Å². The van der Waals surface area contributed by atoms with Crippen LogP contribution in [0.4, 0.5) is 0 Å². The molecule has 0 N–H and O–H groups in total. The number of nitro groups is 1. The maximum Gasteiger partial charge on any atom is 0.306 e. The maximum atomic E-state index is 11.4. The molecule has 0 aromatic rings. The summed E-state index contributed by atoms with van der Waals surface area (Å²) in [5, 5.41) is 10.5. The van der Waals surface area contributed by atoms with Gasteiger partial charge in [-0.25, -0.2) is 0 Å². The standard InChI is InChI=1S/C10H19NO4/c1-7(8(2)11(13)14)6-9(12)15-10(3,4)5/h7-8H,6H2,1-5H3. The van der Waals surface area contributed by atoms with E-state index in [-0.39, 0.29) is 23.2 Å². The van der Waals surface area contributed by atoms with Crippen molar-refractivity contribution in [3.05, 3.63) is 10.1 Å². The van der Waals surface area contributed by atoms with Gasteiger partial charge in [-0.1, -0.05) is 6.92 Å². The molecule has 88 valence electrons. The molecule has 5 nitrogen and oxygen atoms in total. The molecule has 0 aromatic carbocycles. The van der Waals surface area contributed by atoms with Gasteiger partial charge in [0.2, 0.25) is 6.04 Å². The highest BCUT2D eigenvalue weighted by Crippen LogP contribution is 2.15. The van der Waals surface area contributed by atoms with Crippen molar-refractivity contribution >= 4 is 5.97 Å². The Labute approximate surface area is 90.0 Å². The molecule has 0 saturated carbocycles. The molecule has 0 aliphatic carbocycles. The largest absolute Gasteiger partial charge is 0.460 e. The Morgan fingerprint density at radius 3 is 2.20 bits per heavy atom. The molecule has 0 radical (unpaired) electrons. The van der Waals surface area contributed by atoms with Gasteiger partial charge in [0.15, 0.2) is 0 Å². The summed E-state index contributed by atoms with van der Waals surface area (Å²) in [4.78, 5) is 21.4. The van der Waals surface area contributed by atoms with E-state index >= 15 is 0 Å². The molecule has 0 fully saturated rings. The number of carbonyl (C=O) groups excluding carboxylic acids is 1. The van der Waals surface area contributed by atoms with Crippen LogP contribution in [-0.4, -0.2) is 22.5 Å². The van der Waals surface area contributed by atoms with Gasteiger partial charge in [-0.2, -0.15) is 0 Å². The van der Waals surface area contributed by atoms with Crippen LogP contribution in [0, 0.1) is 16.0 Å². The molecule has 0 heterocycles. The van der Waals surface area contributed by atoms with Gasteiger partial charge in [0.05, 0.1) is 6.42 Å². The Bertz CT molecular complexity index is 244. The van der Waals surface area contributed by atoms with Crippen molar-refractivity contribution in [2.75, 3.05) is 0 Å². The number of rotatable bonds is 4. The Morgan fingerprint density at radius 2 is 1.87 bits per heavy atom. The first-order chi connectivity index (χ1) is 6.63. The Hall–Kier alpha value is -1.13. The molecule has 2 unspecified atom stereocenters. The summed E-state index contributed by atoms with van der Waals surface area (Å²) in [5.41, 5.74) is -0.533. The van der Waals surface area contributed by atoms with Crippen molar-refractivity contribution in [2.45, 2.75) is 52.7 Å². The van der Waals surface area contributed by atoms with Crippen molar-refractivity contribution in [2.24, 2.45) is 5.92 Å². The first-order valence-corrected chi connectivity index (χ1v) is 4.99. The quantitative estimate of drug-likeness (QED) is 0.410. The molecule has 0 aliphatic heterocycles. The van der Waals surface area contributed by atoms with E-state index in [9.17, 15) is 14.9 Å². The summed E-state index contributed by atoms with van der Waals surface area (Å²) in [6, 6.07) is -0.725. The smallest absolute Gasteiger partial charge is 0.306 e.